The van der Waals surface area contributed by atoms with E-state index in [0.29, 0.717) is 41.5 Å². The molecule has 0 aliphatic rings. The molecule has 0 fully saturated rings. The van der Waals surface area contributed by atoms with Gasteiger partial charge in [0, 0.05) is 17.9 Å². The average Bonchev–Trinajstić information content (AvgIpc) is 3.40. The second kappa shape index (κ2) is 10.7. The molecule has 0 aliphatic heterocycles. The van der Waals surface area contributed by atoms with Gasteiger partial charge in [0.15, 0.2) is 11.5 Å². The van der Waals surface area contributed by atoms with Crippen LogP contribution in [0.1, 0.15) is 60.6 Å². The molecule has 0 bridgehead atoms. The normalized spacial score (nSPS) is 15.0. The molecule has 3 aromatic rings. The maximum absolute atomic E-state index is 13.1. The van der Waals surface area contributed by atoms with Crippen LogP contribution in [-0.2, 0) is 16.0 Å². The van der Waals surface area contributed by atoms with E-state index in [2.05, 4.69) is 20.8 Å². The molecule has 1 aromatic carbocycles. The Bertz CT molecular complexity index is 1160. The second-order valence-electron chi connectivity index (χ2n) is 11.9. The summed E-state index contributed by atoms with van der Waals surface area (Å²) in [5.41, 5.74) is -0.426. The van der Waals surface area contributed by atoms with Crippen molar-refractivity contribution in [2.75, 3.05) is 19.8 Å². The maximum Gasteiger partial charge on any atom is 0.312 e. The predicted molar refractivity (Wildman–Crippen MR) is 139 cm³/mol. The van der Waals surface area contributed by atoms with E-state index in [9.17, 15) is 9.90 Å². The molecule has 2 atom stereocenters. The van der Waals surface area contributed by atoms with Crippen LogP contribution in [-0.4, -0.2) is 42.1 Å². The summed E-state index contributed by atoms with van der Waals surface area (Å²) >= 11 is 0. The summed E-state index contributed by atoms with van der Waals surface area (Å²) < 4.78 is 22.9. The van der Waals surface area contributed by atoms with Gasteiger partial charge < -0.3 is 28.5 Å². The van der Waals surface area contributed by atoms with E-state index in [-0.39, 0.29) is 36.6 Å². The first kappa shape index (κ1) is 27.8. The molecule has 0 spiro atoms. The summed E-state index contributed by atoms with van der Waals surface area (Å²) in [6, 6.07) is 10.9. The van der Waals surface area contributed by atoms with Gasteiger partial charge in [-0.05, 0) is 54.5 Å². The van der Waals surface area contributed by atoms with Crippen molar-refractivity contribution in [1.29, 1.82) is 0 Å². The lowest BCUT2D eigenvalue weighted by molar-refractivity contribution is -0.168. The first-order chi connectivity index (χ1) is 16.7. The van der Waals surface area contributed by atoms with Crippen LogP contribution in [0.5, 0.6) is 5.75 Å². The Balaban J connectivity index is 1.59. The fourth-order valence-electron chi connectivity index (χ4n) is 4.25. The third-order valence-electron chi connectivity index (χ3n) is 6.59. The number of aliphatic hydroxyl groups is 2. The van der Waals surface area contributed by atoms with Crippen LogP contribution in [0.15, 0.2) is 45.2 Å². The molecule has 7 heteroatoms. The second-order valence-corrected chi connectivity index (χ2v) is 11.9. The van der Waals surface area contributed by atoms with E-state index in [1.165, 1.54) is 0 Å². The number of furan rings is 2. The van der Waals surface area contributed by atoms with E-state index >= 15 is 0 Å². The first-order valence-electron chi connectivity index (χ1n) is 12.4. The molecular weight excluding hydrogens is 460 g/mol. The van der Waals surface area contributed by atoms with Crippen LogP contribution >= 0.6 is 0 Å². The highest BCUT2D eigenvalue weighted by atomic mass is 16.5. The van der Waals surface area contributed by atoms with Crippen molar-refractivity contribution in [3.63, 3.8) is 0 Å². The quantitative estimate of drug-likeness (QED) is 0.329. The lowest BCUT2D eigenvalue weighted by atomic mass is 9.61. The Morgan fingerprint density at radius 1 is 0.944 bits per heavy atom. The number of carbonyl (C=O) groups excluding carboxylic acids is 1. The maximum atomic E-state index is 13.1. The fraction of sp³-hybridized carbons (Fsp3) is 0.552. The van der Waals surface area contributed by atoms with Gasteiger partial charge in [0.2, 0.25) is 0 Å². The minimum absolute atomic E-state index is 0.0195. The Kier molecular flexibility index (Phi) is 8.26. The number of esters is 1. The van der Waals surface area contributed by atoms with Crippen molar-refractivity contribution in [2.45, 2.75) is 67.4 Å². The van der Waals surface area contributed by atoms with E-state index in [1.807, 2.05) is 52.0 Å². The molecule has 0 saturated carbocycles. The van der Waals surface area contributed by atoms with Crippen LogP contribution in [0.4, 0.5) is 0 Å². The van der Waals surface area contributed by atoms with Gasteiger partial charge in [-0.3, -0.25) is 4.79 Å². The molecule has 198 valence electrons. The summed E-state index contributed by atoms with van der Waals surface area (Å²) in [6.45, 7) is 14.2. The third kappa shape index (κ3) is 6.71. The molecule has 0 amide bonds. The van der Waals surface area contributed by atoms with Crippen LogP contribution in [0.2, 0.25) is 0 Å². The number of fused-ring (bicyclic) bond motifs is 1. The molecular formula is C29H40O7. The fourth-order valence-corrected chi connectivity index (χ4v) is 4.25. The predicted octanol–water partition coefficient (Wildman–Crippen LogP) is 6.00. The topological polar surface area (TPSA) is 102 Å². The minimum atomic E-state index is -0.969. The largest absolute Gasteiger partial charge is 0.491 e. The zero-order valence-corrected chi connectivity index (χ0v) is 22.5. The lowest BCUT2D eigenvalue weighted by Gasteiger charge is -2.43. The van der Waals surface area contributed by atoms with Gasteiger partial charge in [0.1, 0.15) is 36.4 Å². The average molecular weight is 501 g/mol. The van der Waals surface area contributed by atoms with E-state index in [4.69, 9.17) is 23.4 Å². The molecule has 0 saturated heterocycles. The summed E-state index contributed by atoms with van der Waals surface area (Å²) in [4.78, 5) is 13.1. The molecule has 2 aromatic heterocycles. The minimum Gasteiger partial charge on any atom is -0.491 e. The van der Waals surface area contributed by atoms with E-state index < -0.39 is 11.5 Å². The molecule has 7 nitrogen and oxygen atoms in total. The van der Waals surface area contributed by atoms with Gasteiger partial charge in [-0.1, -0.05) is 41.5 Å². The van der Waals surface area contributed by atoms with Gasteiger partial charge in [0.05, 0.1) is 12.0 Å². The molecule has 2 unspecified atom stereocenters. The van der Waals surface area contributed by atoms with Crippen molar-refractivity contribution in [1.82, 2.24) is 0 Å². The van der Waals surface area contributed by atoms with Crippen molar-refractivity contribution in [3.8, 4) is 17.3 Å². The van der Waals surface area contributed by atoms with Crippen LogP contribution < -0.4 is 4.74 Å². The van der Waals surface area contributed by atoms with Gasteiger partial charge in [-0.25, -0.2) is 0 Å². The molecule has 2 heterocycles. The molecule has 36 heavy (non-hydrogen) atoms. The lowest BCUT2D eigenvalue weighted by Crippen LogP contribution is -2.45. The van der Waals surface area contributed by atoms with Crippen molar-refractivity contribution >= 4 is 16.9 Å². The van der Waals surface area contributed by atoms with E-state index in [0.717, 1.165) is 5.39 Å². The highest BCUT2D eigenvalue weighted by Gasteiger charge is 2.47. The number of hydrogen-bond acceptors (Lipinski definition) is 7. The van der Waals surface area contributed by atoms with Gasteiger partial charge >= 0.3 is 5.97 Å². The smallest absolute Gasteiger partial charge is 0.312 e. The summed E-state index contributed by atoms with van der Waals surface area (Å²) in [5.74, 6) is 2.07. The monoisotopic (exact) mass is 500 g/mol. The summed E-state index contributed by atoms with van der Waals surface area (Å²) in [6.07, 6.45) is 0.145. The SMILES string of the molecule is CC(C)(C)CC(C)(C(=O)OCC(O)COc1ccc2cc(-c3ccc(CCO)o3)oc2c1)C(C)(C)C. The Morgan fingerprint density at radius 3 is 2.31 bits per heavy atom. The van der Waals surface area contributed by atoms with Gasteiger partial charge in [0.25, 0.3) is 0 Å². The highest BCUT2D eigenvalue weighted by molar-refractivity contribution is 5.83. The number of hydrogen-bond donors (Lipinski definition) is 2. The zero-order valence-electron chi connectivity index (χ0n) is 22.5. The number of ether oxygens (including phenoxy) is 2. The van der Waals surface area contributed by atoms with Crippen molar-refractivity contribution in [3.05, 3.63) is 42.2 Å². The number of rotatable bonds is 10. The molecule has 3 rings (SSSR count). The van der Waals surface area contributed by atoms with Crippen LogP contribution in [0, 0.1) is 16.2 Å². The van der Waals surface area contributed by atoms with Gasteiger partial charge in [-0.15, -0.1) is 0 Å². The highest BCUT2D eigenvalue weighted by Crippen LogP contribution is 2.47. The molecule has 0 aliphatic carbocycles. The zero-order chi connectivity index (χ0) is 26.7. The first-order valence-corrected chi connectivity index (χ1v) is 12.4. The van der Waals surface area contributed by atoms with Crippen molar-refractivity contribution in [2.24, 2.45) is 16.2 Å². The Morgan fingerprint density at radius 2 is 1.67 bits per heavy atom. The van der Waals surface area contributed by atoms with Gasteiger partial charge in [-0.2, -0.15) is 0 Å². The number of carbonyl (C=O) groups is 1. The van der Waals surface area contributed by atoms with Crippen LogP contribution in [0.3, 0.4) is 0 Å². The standard InChI is InChI=1S/C29H40O7/c1-27(2,3)18-29(7,28(4,5)6)26(32)34-17-20(31)16-33-22-9-8-19-14-25(36-24(19)15-22)23-11-10-21(35-23)12-13-30/h8-11,14-15,20,30-31H,12-13,16-18H2,1-7H3. The van der Waals surface area contributed by atoms with E-state index in [1.54, 1.807) is 12.1 Å². The number of benzene rings is 1. The molecule has 2 N–H and O–H groups in total. The molecule has 0 radical (unpaired) electrons. The van der Waals surface area contributed by atoms with Crippen molar-refractivity contribution < 1.29 is 33.3 Å². The van der Waals surface area contributed by atoms with Crippen LogP contribution in [0.25, 0.3) is 22.5 Å². The Labute approximate surface area is 213 Å². The third-order valence-corrected chi connectivity index (χ3v) is 6.59. The Hall–Kier alpha value is -2.77. The summed E-state index contributed by atoms with van der Waals surface area (Å²) in [7, 11) is 0. The number of aliphatic hydroxyl groups excluding tert-OH is 2. The summed E-state index contributed by atoms with van der Waals surface area (Å²) in [5, 5.41) is 20.4.